The molecule has 142 valence electrons. The number of Topliss-reactive ketones (excluding diaryl/α,β-unsaturated/α-hetero) is 1. The molecule has 8 heteroatoms. The number of carbonyl (C=O) groups excluding carboxylic acids is 3. The number of rotatable bonds is 8. The van der Waals surface area contributed by atoms with E-state index in [1.807, 2.05) is 0 Å². The second-order valence-electron chi connectivity index (χ2n) is 5.34. The van der Waals surface area contributed by atoms with Crippen LogP contribution in [0.4, 0.5) is 0 Å². The smallest absolute Gasteiger partial charge is 0.325 e. The highest BCUT2D eigenvalue weighted by atomic mass is 79.9. The highest BCUT2D eigenvalue weighted by Gasteiger charge is 2.16. The summed E-state index contributed by atoms with van der Waals surface area (Å²) >= 11 is 3.27. The predicted octanol–water partition coefficient (Wildman–Crippen LogP) is 2.62. The Morgan fingerprint density at radius 2 is 1.81 bits per heavy atom. The molecular formula is C19H18BrNO6. The minimum absolute atomic E-state index is 0.239. The molecule has 0 aromatic heterocycles. The van der Waals surface area contributed by atoms with Crippen LogP contribution in [0.2, 0.25) is 0 Å². The predicted molar refractivity (Wildman–Crippen MR) is 101 cm³/mol. The van der Waals surface area contributed by atoms with Crippen molar-refractivity contribution in [2.75, 3.05) is 27.4 Å². The second-order valence-corrected chi connectivity index (χ2v) is 6.26. The van der Waals surface area contributed by atoms with Gasteiger partial charge in [0.2, 0.25) is 5.78 Å². The number of hydrogen-bond donors (Lipinski definition) is 1. The molecule has 2 aromatic rings. The average molecular weight is 436 g/mol. The van der Waals surface area contributed by atoms with Crippen LogP contribution in [0.15, 0.2) is 46.9 Å². The van der Waals surface area contributed by atoms with Gasteiger partial charge in [0.25, 0.3) is 5.91 Å². The molecule has 0 heterocycles. The van der Waals surface area contributed by atoms with Gasteiger partial charge >= 0.3 is 5.97 Å². The molecule has 0 unspecified atom stereocenters. The Bertz CT molecular complexity index is 852. The fraction of sp³-hybridized carbons (Fsp3) is 0.211. The lowest BCUT2D eigenvalue weighted by Crippen LogP contribution is -2.31. The van der Waals surface area contributed by atoms with Gasteiger partial charge in [-0.1, -0.05) is 22.0 Å². The summed E-state index contributed by atoms with van der Waals surface area (Å²) in [6.45, 7) is -0.830. The monoisotopic (exact) mass is 435 g/mol. The third kappa shape index (κ3) is 5.82. The molecule has 7 nitrogen and oxygen atoms in total. The van der Waals surface area contributed by atoms with E-state index in [-0.39, 0.29) is 12.1 Å². The number of ether oxygens (including phenoxy) is 3. The maximum absolute atomic E-state index is 12.3. The molecule has 1 amide bonds. The lowest BCUT2D eigenvalue weighted by molar-refractivity contribution is -0.141. The summed E-state index contributed by atoms with van der Waals surface area (Å²) in [5.74, 6) is -0.772. The maximum Gasteiger partial charge on any atom is 0.325 e. The van der Waals surface area contributed by atoms with Gasteiger partial charge in [0, 0.05) is 10.0 Å². The molecule has 0 radical (unpaired) electrons. The van der Waals surface area contributed by atoms with Crippen LogP contribution in [-0.4, -0.2) is 45.0 Å². The van der Waals surface area contributed by atoms with Gasteiger partial charge in [0.1, 0.15) is 18.0 Å². The summed E-state index contributed by atoms with van der Waals surface area (Å²) in [4.78, 5) is 36.1. The van der Waals surface area contributed by atoms with Gasteiger partial charge in [0.05, 0.1) is 19.8 Å². The van der Waals surface area contributed by atoms with Gasteiger partial charge in [-0.3, -0.25) is 14.4 Å². The van der Waals surface area contributed by atoms with Gasteiger partial charge in [-0.15, -0.1) is 0 Å². The van der Waals surface area contributed by atoms with Crippen molar-refractivity contribution in [3.63, 3.8) is 0 Å². The Balaban J connectivity index is 1.88. The number of carbonyl (C=O) groups is 3. The molecular weight excluding hydrogens is 418 g/mol. The SMILES string of the molecule is COc1ccc(OC)c(C(=O)COC(=O)CNC(=O)c2cccc(Br)c2)c1. The molecule has 0 saturated carbocycles. The van der Waals surface area contributed by atoms with Crippen LogP contribution in [-0.2, 0) is 9.53 Å². The van der Waals surface area contributed by atoms with E-state index in [0.29, 0.717) is 17.1 Å². The minimum Gasteiger partial charge on any atom is -0.497 e. The number of halogens is 1. The third-order valence-electron chi connectivity index (χ3n) is 3.55. The van der Waals surface area contributed by atoms with E-state index in [1.54, 1.807) is 36.4 Å². The van der Waals surface area contributed by atoms with Gasteiger partial charge in [0.15, 0.2) is 6.61 Å². The van der Waals surface area contributed by atoms with Crippen LogP contribution in [0.5, 0.6) is 11.5 Å². The number of hydrogen-bond acceptors (Lipinski definition) is 6. The fourth-order valence-corrected chi connectivity index (χ4v) is 2.59. The topological polar surface area (TPSA) is 90.9 Å². The van der Waals surface area contributed by atoms with Gasteiger partial charge in [-0.05, 0) is 36.4 Å². The van der Waals surface area contributed by atoms with Crippen molar-refractivity contribution in [3.05, 3.63) is 58.1 Å². The minimum atomic E-state index is -0.728. The summed E-state index contributed by atoms with van der Waals surface area (Å²) in [5.41, 5.74) is 0.636. The van der Waals surface area contributed by atoms with Crippen LogP contribution < -0.4 is 14.8 Å². The van der Waals surface area contributed by atoms with Crippen LogP contribution >= 0.6 is 15.9 Å². The molecule has 0 saturated heterocycles. The molecule has 0 fully saturated rings. The first-order valence-corrected chi connectivity index (χ1v) is 8.68. The standard InChI is InChI=1S/C19H18BrNO6/c1-25-14-6-7-17(26-2)15(9-14)16(22)11-27-18(23)10-21-19(24)12-4-3-5-13(20)8-12/h3-9H,10-11H2,1-2H3,(H,21,24). The number of ketones is 1. The van der Waals surface area contributed by atoms with Crippen molar-refractivity contribution in [2.45, 2.75) is 0 Å². The van der Waals surface area contributed by atoms with Gasteiger partial charge in [-0.2, -0.15) is 0 Å². The first-order valence-electron chi connectivity index (χ1n) is 7.89. The maximum atomic E-state index is 12.3. The zero-order chi connectivity index (χ0) is 19.8. The Labute approximate surface area is 164 Å². The molecule has 1 N–H and O–H groups in total. The number of benzene rings is 2. The summed E-state index contributed by atoms with van der Waals surface area (Å²) in [6, 6.07) is 11.5. The number of methoxy groups -OCH3 is 2. The molecule has 0 atom stereocenters. The quantitative estimate of drug-likeness (QED) is 0.506. The molecule has 2 rings (SSSR count). The fourth-order valence-electron chi connectivity index (χ4n) is 2.19. The summed E-state index contributed by atoms with van der Waals surface area (Å²) < 4.78 is 15.9. The summed E-state index contributed by atoms with van der Waals surface area (Å²) in [7, 11) is 2.91. The molecule has 2 aromatic carbocycles. The summed E-state index contributed by atoms with van der Waals surface area (Å²) in [5, 5.41) is 2.44. The average Bonchev–Trinajstić information content (AvgIpc) is 2.69. The summed E-state index contributed by atoms with van der Waals surface area (Å²) in [6.07, 6.45) is 0. The zero-order valence-corrected chi connectivity index (χ0v) is 16.4. The van der Waals surface area contributed by atoms with Crippen LogP contribution in [0.25, 0.3) is 0 Å². The molecule has 0 spiro atoms. The van der Waals surface area contributed by atoms with Crippen molar-refractivity contribution in [3.8, 4) is 11.5 Å². The van der Waals surface area contributed by atoms with Crippen LogP contribution in [0.3, 0.4) is 0 Å². The first kappa shape index (κ1) is 20.4. The van der Waals surface area contributed by atoms with E-state index in [1.165, 1.54) is 20.3 Å². The van der Waals surface area contributed by atoms with Gasteiger partial charge < -0.3 is 19.5 Å². The van der Waals surface area contributed by atoms with Crippen LogP contribution in [0.1, 0.15) is 20.7 Å². The van der Waals surface area contributed by atoms with Crippen molar-refractivity contribution in [2.24, 2.45) is 0 Å². The highest BCUT2D eigenvalue weighted by molar-refractivity contribution is 9.10. The lowest BCUT2D eigenvalue weighted by Gasteiger charge is -2.10. The van der Waals surface area contributed by atoms with Gasteiger partial charge in [-0.25, -0.2) is 0 Å². The third-order valence-corrected chi connectivity index (χ3v) is 4.04. The zero-order valence-electron chi connectivity index (χ0n) is 14.8. The number of esters is 1. The molecule has 0 aliphatic rings. The Morgan fingerprint density at radius 1 is 1.04 bits per heavy atom. The molecule has 0 aliphatic carbocycles. The van der Waals surface area contributed by atoms with Crippen molar-refractivity contribution in [1.82, 2.24) is 5.32 Å². The largest absolute Gasteiger partial charge is 0.497 e. The first-order chi connectivity index (χ1) is 12.9. The lowest BCUT2D eigenvalue weighted by atomic mass is 10.1. The molecule has 0 bridgehead atoms. The van der Waals surface area contributed by atoms with E-state index in [9.17, 15) is 14.4 Å². The van der Waals surface area contributed by atoms with E-state index in [0.717, 1.165) is 4.47 Å². The van der Waals surface area contributed by atoms with E-state index < -0.39 is 24.3 Å². The number of nitrogens with one attached hydrogen (secondary N) is 1. The van der Waals surface area contributed by atoms with Crippen molar-refractivity contribution < 1.29 is 28.6 Å². The molecule has 0 aliphatic heterocycles. The van der Waals surface area contributed by atoms with Crippen LogP contribution in [0, 0.1) is 0 Å². The van der Waals surface area contributed by atoms with Crippen molar-refractivity contribution in [1.29, 1.82) is 0 Å². The second kappa shape index (κ2) is 9.72. The Morgan fingerprint density at radius 3 is 2.48 bits per heavy atom. The normalized spacial score (nSPS) is 10.0. The van der Waals surface area contributed by atoms with Crippen molar-refractivity contribution >= 4 is 33.6 Å². The Kier molecular flexibility index (Phi) is 7.36. The Hall–Kier alpha value is -2.87. The molecule has 27 heavy (non-hydrogen) atoms. The number of amides is 1. The van der Waals surface area contributed by atoms with E-state index >= 15 is 0 Å². The highest BCUT2D eigenvalue weighted by Crippen LogP contribution is 2.24. The van der Waals surface area contributed by atoms with E-state index in [2.05, 4.69) is 21.2 Å². The van der Waals surface area contributed by atoms with E-state index in [4.69, 9.17) is 14.2 Å².